The first-order valence-electron chi connectivity index (χ1n) is 6.37. The van der Waals surface area contributed by atoms with E-state index in [0.717, 1.165) is 28.5 Å². The van der Waals surface area contributed by atoms with E-state index in [1.807, 2.05) is 36.4 Å². The van der Waals surface area contributed by atoms with Gasteiger partial charge in [0, 0.05) is 12.0 Å². The van der Waals surface area contributed by atoms with Gasteiger partial charge < -0.3 is 10.5 Å². The van der Waals surface area contributed by atoms with Crippen LogP contribution in [0.2, 0.25) is 0 Å². The lowest BCUT2D eigenvalue weighted by Gasteiger charge is -2.05. The summed E-state index contributed by atoms with van der Waals surface area (Å²) in [6, 6.07) is 11.6. The predicted octanol–water partition coefficient (Wildman–Crippen LogP) is 1.30. The van der Waals surface area contributed by atoms with Crippen LogP contribution in [0.25, 0.3) is 16.9 Å². The van der Waals surface area contributed by atoms with Gasteiger partial charge in [0.2, 0.25) is 0 Å². The van der Waals surface area contributed by atoms with Gasteiger partial charge in [-0.25, -0.2) is 0 Å². The number of hydrogen-bond acceptors (Lipinski definition) is 5. The molecule has 0 radical (unpaired) electrons. The van der Waals surface area contributed by atoms with Crippen molar-refractivity contribution in [3.8, 4) is 17.0 Å². The molecule has 102 valence electrons. The van der Waals surface area contributed by atoms with Gasteiger partial charge in [-0.05, 0) is 30.8 Å². The molecule has 0 bridgehead atoms. The van der Waals surface area contributed by atoms with E-state index in [0.29, 0.717) is 13.0 Å². The van der Waals surface area contributed by atoms with E-state index < -0.39 is 0 Å². The highest BCUT2D eigenvalue weighted by atomic mass is 16.5. The van der Waals surface area contributed by atoms with E-state index in [-0.39, 0.29) is 0 Å². The Morgan fingerprint density at radius 2 is 2.10 bits per heavy atom. The van der Waals surface area contributed by atoms with Gasteiger partial charge in [-0.2, -0.15) is 9.61 Å². The number of aromatic nitrogens is 4. The third kappa shape index (κ3) is 2.21. The van der Waals surface area contributed by atoms with Crippen LogP contribution < -0.4 is 10.5 Å². The summed E-state index contributed by atoms with van der Waals surface area (Å²) in [7, 11) is 1.65. The molecule has 0 saturated heterocycles. The smallest absolute Gasteiger partial charge is 0.177 e. The number of ether oxygens (including phenoxy) is 1. The van der Waals surface area contributed by atoms with Gasteiger partial charge in [0.15, 0.2) is 11.5 Å². The second kappa shape index (κ2) is 5.26. The van der Waals surface area contributed by atoms with Crippen molar-refractivity contribution in [1.29, 1.82) is 0 Å². The summed E-state index contributed by atoms with van der Waals surface area (Å²) in [5, 5.41) is 12.8. The van der Waals surface area contributed by atoms with Crippen LogP contribution in [-0.4, -0.2) is 33.5 Å². The van der Waals surface area contributed by atoms with E-state index >= 15 is 0 Å². The molecule has 0 aliphatic carbocycles. The number of fused-ring (bicyclic) bond motifs is 1. The maximum atomic E-state index is 5.57. The number of benzene rings is 1. The first kappa shape index (κ1) is 12.6. The maximum absolute atomic E-state index is 5.57. The Morgan fingerprint density at radius 3 is 2.90 bits per heavy atom. The Balaban J connectivity index is 2.09. The predicted molar refractivity (Wildman–Crippen MR) is 75.5 cm³/mol. The van der Waals surface area contributed by atoms with Crippen LogP contribution in [0.3, 0.4) is 0 Å². The van der Waals surface area contributed by atoms with E-state index in [4.69, 9.17) is 10.5 Å². The van der Waals surface area contributed by atoms with Crippen molar-refractivity contribution in [2.45, 2.75) is 6.42 Å². The Morgan fingerprint density at radius 1 is 1.20 bits per heavy atom. The molecule has 3 aromatic rings. The molecule has 0 fully saturated rings. The number of rotatable bonds is 4. The fourth-order valence-corrected chi connectivity index (χ4v) is 2.05. The zero-order valence-electron chi connectivity index (χ0n) is 11.2. The van der Waals surface area contributed by atoms with E-state index in [2.05, 4.69) is 15.3 Å². The fourth-order valence-electron chi connectivity index (χ4n) is 2.05. The highest BCUT2D eigenvalue weighted by Gasteiger charge is 2.08. The van der Waals surface area contributed by atoms with Crippen molar-refractivity contribution in [2.24, 2.45) is 5.73 Å². The third-order valence-electron chi connectivity index (χ3n) is 3.06. The summed E-state index contributed by atoms with van der Waals surface area (Å²) in [5.74, 6) is 1.57. The summed E-state index contributed by atoms with van der Waals surface area (Å²) in [4.78, 5) is 0. The van der Waals surface area contributed by atoms with Crippen molar-refractivity contribution < 1.29 is 4.74 Å². The van der Waals surface area contributed by atoms with Gasteiger partial charge in [-0.1, -0.05) is 12.1 Å². The summed E-state index contributed by atoms with van der Waals surface area (Å²) in [6.45, 7) is 0.520. The van der Waals surface area contributed by atoms with Crippen LogP contribution in [-0.2, 0) is 6.42 Å². The number of hydrogen-bond donors (Lipinski definition) is 1. The number of methoxy groups -OCH3 is 1. The molecule has 6 nitrogen and oxygen atoms in total. The molecule has 0 aliphatic rings. The normalized spacial score (nSPS) is 10.9. The van der Waals surface area contributed by atoms with Crippen molar-refractivity contribution in [3.63, 3.8) is 0 Å². The largest absolute Gasteiger partial charge is 0.497 e. The van der Waals surface area contributed by atoms with E-state index in [1.165, 1.54) is 0 Å². The maximum Gasteiger partial charge on any atom is 0.177 e. The number of nitrogens with zero attached hydrogens (tertiary/aromatic N) is 4. The van der Waals surface area contributed by atoms with Crippen LogP contribution in [0.15, 0.2) is 36.4 Å². The Kier molecular flexibility index (Phi) is 3.30. The third-order valence-corrected chi connectivity index (χ3v) is 3.06. The molecule has 20 heavy (non-hydrogen) atoms. The lowest BCUT2D eigenvalue weighted by Crippen LogP contribution is -2.08. The quantitative estimate of drug-likeness (QED) is 0.772. The summed E-state index contributed by atoms with van der Waals surface area (Å²) < 4.78 is 6.97. The minimum Gasteiger partial charge on any atom is -0.497 e. The lowest BCUT2D eigenvalue weighted by atomic mass is 10.1. The van der Waals surface area contributed by atoms with Crippen LogP contribution >= 0.6 is 0 Å². The van der Waals surface area contributed by atoms with Crippen LogP contribution in [0.1, 0.15) is 5.82 Å². The highest BCUT2D eigenvalue weighted by molar-refractivity contribution is 5.62. The Bertz CT molecular complexity index is 737. The minimum atomic E-state index is 0.520. The van der Waals surface area contributed by atoms with Crippen molar-refractivity contribution in [2.75, 3.05) is 13.7 Å². The summed E-state index contributed by atoms with van der Waals surface area (Å²) >= 11 is 0. The average Bonchev–Trinajstić information content (AvgIpc) is 2.90. The molecule has 3 rings (SSSR count). The monoisotopic (exact) mass is 269 g/mol. The molecule has 0 aliphatic heterocycles. The molecule has 0 spiro atoms. The topological polar surface area (TPSA) is 78.3 Å². The molecule has 2 N–H and O–H groups in total. The highest BCUT2D eigenvalue weighted by Crippen LogP contribution is 2.22. The van der Waals surface area contributed by atoms with Gasteiger partial charge in [0.1, 0.15) is 5.75 Å². The van der Waals surface area contributed by atoms with Crippen LogP contribution in [0.5, 0.6) is 5.75 Å². The second-order valence-electron chi connectivity index (χ2n) is 4.38. The second-order valence-corrected chi connectivity index (χ2v) is 4.38. The molecule has 2 aromatic heterocycles. The fraction of sp³-hybridized carbons (Fsp3) is 0.214. The first-order chi connectivity index (χ1) is 9.81. The van der Waals surface area contributed by atoms with E-state index in [9.17, 15) is 0 Å². The lowest BCUT2D eigenvalue weighted by molar-refractivity contribution is 0.415. The molecule has 0 saturated carbocycles. The molecule has 2 heterocycles. The summed E-state index contributed by atoms with van der Waals surface area (Å²) in [5.41, 5.74) is 8.12. The first-order valence-corrected chi connectivity index (χ1v) is 6.37. The summed E-state index contributed by atoms with van der Waals surface area (Å²) in [6.07, 6.45) is 0.649. The standard InChI is InChI=1S/C14H15N5O/c1-20-11-4-2-3-10(9-11)12-5-6-13-16-17-14(7-8-15)19(13)18-12/h2-6,9H,7-8,15H2,1H3. The molecule has 1 aromatic carbocycles. The molecule has 0 amide bonds. The van der Waals surface area contributed by atoms with Crippen molar-refractivity contribution in [3.05, 3.63) is 42.2 Å². The number of nitrogens with two attached hydrogens (primary N) is 1. The van der Waals surface area contributed by atoms with Crippen LogP contribution in [0.4, 0.5) is 0 Å². The zero-order chi connectivity index (χ0) is 13.9. The van der Waals surface area contributed by atoms with Crippen LogP contribution in [0, 0.1) is 0 Å². The van der Waals surface area contributed by atoms with E-state index in [1.54, 1.807) is 11.6 Å². The molecule has 0 atom stereocenters. The van der Waals surface area contributed by atoms with Gasteiger partial charge >= 0.3 is 0 Å². The van der Waals surface area contributed by atoms with Gasteiger partial charge in [-0.15, -0.1) is 10.2 Å². The molecular formula is C14H15N5O. The van der Waals surface area contributed by atoms with Gasteiger partial charge in [0.05, 0.1) is 12.8 Å². The minimum absolute atomic E-state index is 0.520. The average molecular weight is 269 g/mol. The van der Waals surface area contributed by atoms with Gasteiger partial charge in [0.25, 0.3) is 0 Å². The Hall–Kier alpha value is -2.47. The van der Waals surface area contributed by atoms with Crippen molar-refractivity contribution >= 4 is 5.65 Å². The molecular weight excluding hydrogens is 254 g/mol. The van der Waals surface area contributed by atoms with Gasteiger partial charge in [-0.3, -0.25) is 0 Å². The Labute approximate surface area is 116 Å². The SMILES string of the molecule is COc1cccc(-c2ccc3nnc(CCN)n3n2)c1. The molecule has 6 heteroatoms. The zero-order valence-corrected chi connectivity index (χ0v) is 11.2. The molecule has 0 unspecified atom stereocenters. The van der Waals surface area contributed by atoms with Crippen molar-refractivity contribution in [1.82, 2.24) is 19.8 Å².